The van der Waals surface area contributed by atoms with Crippen LogP contribution >= 0.6 is 21.6 Å². The SMILES string of the molecule is COC(=O)C(CCSSCCC(NC(=O)C(F)(F)F)C(=O)OC)NC(=O)C(F)(F)F. The maximum Gasteiger partial charge on any atom is 0.471 e. The summed E-state index contributed by atoms with van der Waals surface area (Å²) in [4.78, 5) is 44.8. The van der Waals surface area contributed by atoms with E-state index in [1.54, 1.807) is 0 Å². The largest absolute Gasteiger partial charge is 0.471 e. The predicted molar refractivity (Wildman–Crippen MR) is 94.2 cm³/mol. The zero-order chi connectivity index (χ0) is 23.5. The average molecular weight is 488 g/mol. The maximum absolute atomic E-state index is 12.3. The number of carbonyl (C=O) groups excluding carboxylic acids is 4. The molecule has 0 aliphatic rings. The van der Waals surface area contributed by atoms with Crippen molar-refractivity contribution >= 4 is 45.3 Å². The van der Waals surface area contributed by atoms with Crippen molar-refractivity contribution in [3.8, 4) is 0 Å². The van der Waals surface area contributed by atoms with Gasteiger partial charge in [0.1, 0.15) is 12.1 Å². The number of alkyl halides is 6. The zero-order valence-electron chi connectivity index (χ0n) is 15.5. The molecule has 0 saturated heterocycles. The number of carbonyl (C=O) groups is 4. The summed E-state index contributed by atoms with van der Waals surface area (Å²) in [7, 11) is 3.90. The molecule has 8 nitrogen and oxygen atoms in total. The van der Waals surface area contributed by atoms with Gasteiger partial charge < -0.3 is 20.1 Å². The van der Waals surface area contributed by atoms with Gasteiger partial charge in [0.15, 0.2) is 0 Å². The molecule has 0 heterocycles. The van der Waals surface area contributed by atoms with Gasteiger partial charge >= 0.3 is 36.1 Å². The molecule has 0 fully saturated rings. The Balaban J connectivity index is 4.51. The van der Waals surface area contributed by atoms with Crippen molar-refractivity contribution in [1.82, 2.24) is 10.6 Å². The summed E-state index contributed by atoms with van der Waals surface area (Å²) in [5.41, 5.74) is 0. The number of halogens is 6. The van der Waals surface area contributed by atoms with Crippen LogP contribution in [0.2, 0.25) is 0 Å². The molecule has 2 amide bonds. The Bertz CT molecular complexity index is 565. The molecule has 2 unspecified atom stereocenters. The van der Waals surface area contributed by atoms with Gasteiger partial charge in [0.05, 0.1) is 14.2 Å². The molecule has 0 bridgehead atoms. The minimum Gasteiger partial charge on any atom is -0.467 e. The van der Waals surface area contributed by atoms with Gasteiger partial charge in [-0.3, -0.25) is 9.59 Å². The van der Waals surface area contributed by atoms with Crippen LogP contribution in [0.5, 0.6) is 0 Å². The zero-order valence-corrected chi connectivity index (χ0v) is 17.1. The normalized spacial score (nSPS) is 13.7. The number of amides is 2. The van der Waals surface area contributed by atoms with E-state index in [4.69, 9.17) is 0 Å². The summed E-state index contributed by atoms with van der Waals surface area (Å²) < 4.78 is 82.4. The van der Waals surface area contributed by atoms with E-state index in [0.717, 1.165) is 35.8 Å². The van der Waals surface area contributed by atoms with Crippen LogP contribution in [0.3, 0.4) is 0 Å². The Hall–Kier alpha value is -1.84. The fourth-order valence-corrected chi connectivity index (χ4v) is 3.90. The van der Waals surface area contributed by atoms with Crippen LogP contribution in [0.15, 0.2) is 0 Å². The third-order valence-corrected chi connectivity index (χ3v) is 5.63. The van der Waals surface area contributed by atoms with Crippen molar-refractivity contribution in [3.63, 3.8) is 0 Å². The summed E-state index contributed by atoms with van der Waals surface area (Å²) in [5, 5.41) is 3.00. The van der Waals surface area contributed by atoms with Crippen LogP contribution in [0, 0.1) is 0 Å². The van der Waals surface area contributed by atoms with Crippen LogP contribution in [-0.4, -0.2) is 73.9 Å². The number of esters is 2. The smallest absolute Gasteiger partial charge is 0.467 e. The second-order valence-corrected chi connectivity index (χ2v) is 8.02. The number of methoxy groups -OCH3 is 2. The molecule has 0 aromatic rings. The minimum absolute atomic E-state index is 0.0559. The highest BCUT2D eigenvalue weighted by atomic mass is 33.1. The molecule has 0 aliphatic carbocycles. The Morgan fingerprint density at radius 2 is 1.03 bits per heavy atom. The van der Waals surface area contributed by atoms with Crippen molar-refractivity contribution in [3.05, 3.63) is 0 Å². The Labute approximate surface area is 174 Å². The topological polar surface area (TPSA) is 111 Å². The summed E-state index contributed by atoms with van der Waals surface area (Å²) >= 11 is 0. The van der Waals surface area contributed by atoms with Crippen LogP contribution in [0.25, 0.3) is 0 Å². The van der Waals surface area contributed by atoms with Gasteiger partial charge in [-0.2, -0.15) is 26.3 Å². The number of nitrogens with one attached hydrogen (secondary N) is 2. The lowest BCUT2D eigenvalue weighted by atomic mass is 10.2. The third kappa shape index (κ3) is 10.8. The first kappa shape index (κ1) is 28.2. The highest BCUT2D eigenvalue weighted by molar-refractivity contribution is 8.76. The molecule has 0 spiro atoms. The van der Waals surface area contributed by atoms with Crippen LogP contribution in [0.1, 0.15) is 12.8 Å². The lowest BCUT2D eigenvalue weighted by Crippen LogP contribution is -2.47. The molecule has 16 heteroatoms. The molecular weight excluding hydrogens is 470 g/mol. The number of hydrogen-bond donors (Lipinski definition) is 2. The lowest BCUT2D eigenvalue weighted by Gasteiger charge is -2.18. The van der Waals surface area contributed by atoms with Crippen LogP contribution < -0.4 is 10.6 Å². The molecule has 0 aromatic carbocycles. The Morgan fingerprint density at radius 1 is 0.733 bits per heavy atom. The summed E-state index contributed by atoms with van der Waals surface area (Å²) in [6.45, 7) is 0. The molecule has 0 saturated carbocycles. The molecule has 2 atom stereocenters. The number of rotatable bonds is 11. The lowest BCUT2D eigenvalue weighted by molar-refractivity contribution is -0.175. The number of hydrogen-bond acceptors (Lipinski definition) is 8. The predicted octanol–water partition coefficient (Wildman–Crippen LogP) is 1.59. The molecule has 0 aromatic heterocycles. The average Bonchev–Trinajstić information content (AvgIpc) is 2.65. The first-order valence-corrected chi connectivity index (χ1v) is 10.4. The molecule has 30 heavy (non-hydrogen) atoms. The van der Waals surface area contributed by atoms with Gasteiger partial charge in [0.25, 0.3) is 0 Å². The van der Waals surface area contributed by atoms with Crippen molar-refractivity contribution in [2.45, 2.75) is 37.3 Å². The highest BCUT2D eigenvalue weighted by Crippen LogP contribution is 2.25. The molecule has 174 valence electrons. The van der Waals surface area contributed by atoms with E-state index in [1.807, 2.05) is 0 Å². The van der Waals surface area contributed by atoms with Gasteiger partial charge in [0, 0.05) is 11.5 Å². The monoisotopic (exact) mass is 488 g/mol. The molecular formula is C14H18F6N2O6S2. The summed E-state index contributed by atoms with van der Waals surface area (Å²) in [6, 6.07) is -3.10. The van der Waals surface area contributed by atoms with Crippen molar-refractivity contribution in [1.29, 1.82) is 0 Å². The highest BCUT2D eigenvalue weighted by Gasteiger charge is 2.41. The first-order chi connectivity index (χ1) is 13.7. The van der Waals surface area contributed by atoms with E-state index in [9.17, 15) is 45.5 Å². The summed E-state index contributed by atoms with van der Waals surface area (Å²) in [5.74, 6) is -6.67. The second-order valence-electron chi connectivity index (χ2n) is 5.32. The Morgan fingerprint density at radius 3 is 1.27 bits per heavy atom. The van der Waals surface area contributed by atoms with Crippen molar-refractivity contribution < 1.29 is 55.0 Å². The van der Waals surface area contributed by atoms with Gasteiger partial charge in [0.2, 0.25) is 0 Å². The molecule has 0 aliphatic heterocycles. The van der Waals surface area contributed by atoms with Gasteiger partial charge in [-0.15, -0.1) is 0 Å². The fourth-order valence-electron chi connectivity index (χ4n) is 1.71. The van der Waals surface area contributed by atoms with Crippen LogP contribution in [0.4, 0.5) is 26.3 Å². The van der Waals surface area contributed by atoms with E-state index >= 15 is 0 Å². The third-order valence-electron chi connectivity index (χ3n) is 3.16. The second kappa shape index (κ2) is 12.8. The van der Waals surface area contributed by atoms with Gasteiger partial charge in [-0.25, -0.2) is 9.59 Å². The van der Waals surface area contributed by atoms with Crippen molar-refractivity contribution in [2.75, 3.05) is 25.7 Å². The molecule has 0 rings (SSSR count). The summed E-state index contributed by atoms with van der Waals surface area (Å²) in [6.07, 6.45) is -10.8. The van der Waals surface area contributed by atoms with E-state index in [2.05, 4.69) is 9.47 Å². The molecule has 0 radical (unpaired) electrons. The van der Waals surface area contributed by atoms with E-state index < -0.39 is 48.2 Å². The minimum atomic E-state index is -5.18. The standard InChI is InChI=1S/C14H18F6N2O6S2/c1-27-9(23)7(21-11(25)13(15,16)17)3-5-29-30-6-4-8(10(24)28-2)22-12(26)14(18,19)20/h7-8H,3-6H2,1-2H3,(H,21,25)(H,22,26). The van der Waals surface area contributed by atoms with Crippen LogP contribution in [-0.2, 0) is 28.7 Å². The fraction of sp³-hybridized carbons (Fsp3) is 0.714. The quantitative estimate of drug-likeness (QED) is 0.195. The Kier molecular flexibility index (Phi) is 12.0. The van der Waals surface area contributed by atoms with Gasteiger partial charge in [-0.05, 0) is 12.8 Å². The van der Waals surface area contributed by atoms with Gasteiger partial charge in [-0.1, -0.05) is 21.6 Å². The van der Waals surface area contributed by atoms with Crippen molar-refractivity contribution in [2.24, 2.45) is 0 Å². The van der Waals surface area contributed by atoms with E-state index in [1.165, 1.54) is 10.6 Å². The van der Waals surface area contributed by atoms with E-state index in [0.29, 0.717) is 0 Å². The first-order valence-electron chi connectivity index (χ1n) is 7.89. The number of ether oxygens (including phenoxy) is 2. The van der Waals surface area contributed by atoms with E-state index in [-0.39, 0.29) is 24.3 Å². The molecule has 2 N–H and O–H groups in total. The maximum atomic E-state index is 12.3.